The van der Waals surface area contributed by atoms with Gasteiger partial charge in [-0.25, -0.2) is 15.0 Å². The van der Waals surface area contributed by atoms with Crippen LogP contribution in [-0.2, 0) is 0 Å². The zero-order valence-corrected chi connectivity index (χ0v) is 15.1. The van der Waals surface area contributed by atoms with E-state index in [9.17, 15) is 9.18 Å². The Hall–Kier alpha value is -4.20. The molecule has 3 aromatic heterocycles. The number of nitrogens with zero attached hydrogens (tertiary/aromatic N) is 4. The van der Waals surface area contributed by atoms with Crippen LogP contribution in [0, 0.1) is 5.95 Å². The lowest BCUT2D eigenvalue weighted by molar-refractivity contribution is 0.0957. The van der Waals surface area contributed by atoms with E-state index in [0.717, 1.165) is 11.1 Å². The molecule has 1 amide bonds. The Labute approximate surface area is 165 Å². The van der Waals surface area contributed by atoms with Gasteiger partial charge in [0.15, 0.2) is 5.82 Å². The van der Waals surface area contributed by atoms with Crippen LogP contribution in [0.1, 0.15) is 10.5 Å². The van der Waals surface area contributed by atoms with E-state index in [1.54, 1.807) is 12.4 Å². The van der Waals surface area contributed by atoms with Gasteiger partial charge in [0, 0.05) is 24.2 Å². The smallest absolute Gasteiger partial charge is 0.288 e. The van der Waals surface area contributed by atoms with Crippen molar-refractivity contribution >= 4 is 11.6 Å². The number of amides is 1. The van der Waals surface area contributed by atoms with Crippen LogP contribution >= 0.6 is 0 Å². The maximum atomic E-state index is 12.9. The van der Waals surface area contributed by atoms with Crippen LogP contribution in [-0.4, -0.2) is 25.8 Å². The summed E-state index contributed by atoms with van der Waals surface area (Å²) in [6.07, 6.45) is 6.14. The van der Waals surface area contributed by atoms with Crippen molar-refractivity contribution in [2.45, 2.75) is 0 Å². The zero-order valence-electron chi connectivity index (χ0n) is 15.1. The molecular formula is C21H15FN6O. The lowest BCUT2D eigenvalue weighted by Gasteiger charge is -2.10. The largest absolute Gasteiger partial charge is 0.297 e. The summed E-state index contributed by atoms with van der Waals surface area (Å²) in [6.45, 7) is 0. The van der Waals surface area contributed by atoms with Crippen LogP contribution in [0.5, 0.6) is 0 Å². The van der Waals surface area contributed by atoms with E-state index in [1.807, 2.05) is 36.4 Å². The molecule has 0 fully saturated rings. The highest BCUT2D eigenvalue weighted by Gasteiger charge is 2.13. The highest BCUT2D eigenvalue weighted by molar-refractivity contribution is 5.93. The average Bonchev–Trinajstić information content (AvgIpc) is 2.79. The van der Waals surface area contributed by atoms with Crippen molar-refractivity contribution in [3.63, 3.8) is 0 Å². The number of aromatic nitrogens is 4. The third-order valence-electron chi connectivity index (χ3n) is 4.08. The van der Waals surface area contributed by atoms with E-state index in [-0.39, 0.29) is 5.69 Å². The van der Waals surface area contributed by atoms with Crippen molar-refractivity contribution in [2.24, 2.45) is 0 Å². The van der Waals surface area contributed by atoms with Crippen molar-refractivity contribution in [2.75, 3.05) is 5.43 Å². The molecule has 0 radical (unpaired) electrons. The number of carbonyl (C=O) groups is 1. The topological polar surface area (TPSA) is 92.7 Å². The number of pyridine rings is 2. The van der Waals surface area contributed by atoms with Crippen molar-refractivity contribution in [3.8, 4) is 22.5 Å². The van der Waals surface area contributed by atoms with Gasteiger partial charge in [0.25, 0.3) is 5.91 Å². The molecule has 29 heavy (non-hydrogen) atoms. The summed E-state index contributed by atoms with van der Waals surface area (Å²) in [4.78, 5) is 28.8. The Balaban J connectivity index is 1.58. The van der Waals surface area contributed by atoms with Crippen LogP contribution in [0.25, 0.3) is 22.5 Å². The van der Waals surface area contributed by atoms with E-state index in [1.165, 1.54) is 30.6 Å². The first-order chi connectivity index (χ1) is 14.2. The van der Waals surface area contributed by atoms with E-state index in [0.29, 0.717) is 17.1 Å². The molecule has 1 aromatic carbocycles. The summed E-state index contributed by atoms with van der Waals surface area (Å²) >= 11 is 0. The molecule has 0 aliphatic carbocycles. The second-order valence-electron chi connectivity index (χ2n) is 6.00. The van der Waals surface area contributed by atoms with Gasteiger partial charge in [-0.05, 0) is 35.4 Å². The summed E-state index contributed by atoms with van der Waals surface area (Å²) in [5.74, 6) is -0.691. The number of hydrazine groups is 1. The summed E-state index contributed by atoms with van der Waals surface area (Å²) in [7, 11) is 0. The van der Waals surface area contributed by atoms with E-state index in [4.69, 9.17) is 0 Å². The fourth-order valence-corrected chi connectivity index (χ4v) is 2.70. The SMILES string of the molecule is O=C(NNc1ccc(F)nc1)c1ccnc(-c2cnccc2-c2ccccc2)n1. The molecule has 0 bridgehead atoms. The second-order valence-corrected chi connectivity index (χ2v) is 6.00. The van der Waals surface area contributed by atoms with Crippen LogP contribution in [0.4, 0.5) is 10.1 Å². The molecular weight excluding hydrogens is 371 g/mol. The first-order valence-electron chi connectivity index (χ1n) is 8.71. The Morgan fingerprint density at radius 3 is 2.52 bits per heavy atom. The summed E-state index contributed by atoms with van der Waals surface area (Å²) in [5.41, 5.74) is 8.39. The lowest BCUT2D eigenvalue weighted by Crippen LogP contribution is -2.30. The second kappa shape index (κ2) is 8.22. The van der Waals surface area contributed by atoms with Crippen LogP contribution in [0.2, 0.25) is 0 Å². The maximum absolute atomic E-state index is 12.9. The number of hydrogen-bond acceptors (Lipinski definition) is 6. The number of halogens is 1. The van der Waals surface area contributed by atoms with Gasteiger partial charge in [-0.15, -0.1) is 0 Å². The van der Waals surface area contributed by atoms with Gasteiger partial charge in [0.1, 0.15) is 5.69 Å². The van der Waals surface area contributed by atoms with Crippen LogP contribution < -0.4 is 10.9 Å². The molecule has 7 nitrogen and oxygen atoms in total. The minimum Gasteiger partial charge on any atom is -0.297 e. The standard InChI is InChI=1S/C21H15FN6O/c22-19-7-6-15(12-25-19)27-28-21(29)18-9-11-24-20(26-18)17-13-23-10-8-16(17)14-4-2-1-3-5-14/h1-13,27H,(H,28,29). The molecule has 142 valence electrons. The predicted octanol–water partition coefficient (Wildman–Crippen LogP) is 3.50. The van der Waals surface area contributed by atoms with Crippen LogP contribution in [0.3, 0.4) is 0 Å². The fourth-order valence-electron chi connectivity index (χ4n) is 2.70. The third kappa shape index (κ3) is 4.22. The quantitative estimate of drug-likeness (QED) is 0.403. The molecule has 0 atom stereocenters. The Kier molecular flexibility index (Phi) is 5.15. The number of carbonyl (C=O) groups excluding carboxylic acids is 1. The summed E-state index contributed by atoms with van der Waals surface area (Å²) in [6, 6.07) is 15.8. The maximum Gasteiger partial charge on any atom is 0.288 e. The molecule has 3 heterocycles. The monoisotopic (exact) mass is 386 g/mol. The summed E-state index contributed by atoms with van der Waals surface area (Å²) in [5, 5.41) is 0. The number of rotatable bonds is 5. The highest BCUT2D eigenvalue weighted by atomic mass is 19.1. The normalized spacial score (nSPS) is 10.4. The Morgan fingerprint density at radius 1 is 0.862 bits per heavy atom. The molecule has 0 saturated carbocycles. The highest BCUT2D eigenvalue weighted by Crippen LogP contribution is 2.28. The van der Waals surface area contributed by atoms with Gasteiger partial charge in [0.2, 0.25) is 5.95 Å². The first-order valence-corrected chi connectivity index (χ1v) is 8.71. The Morgan fingerprint density at radius 2 is 1.72 bits per heavy atom. The predicted molar refractivity (Wildman–Crippen MR) is 106 cm³/mol. The minimum atomic E-state index is -0.604. The van der Waals surface area contributed by atoms with Crippen molar-refractivity contribution in [3.05, 3.63) is 91.0 Å². The van der Waals surface area contributed by atoms with E-state index >= 15 is 0 Å². The molecule has 4 rings (SSSR count). The lowest BCUT2D eigenvalue weighted by atomic mass is 10.0. The number of nitrogens with one attached hydrogen (secondary N) is 2. The molecule has 8 heteroatoms. The molecule has 4 aromatic rings. The Bertz CT molecular complexity index is 1140. The molecule has 0 unspecified atom stereocenters. The number of benzene rings is 1. The van der Waals surface area contributed by atoms with Crippen LogP contribution in [0.15, 0.2) is 79.4 Å². The van der Waals surface area contributed by atoms with E-state index in [2.05, 4.69) is 30.8 Å². The van der Waals surface area contributed by atoms with E-state index < -0.39 is 11.9 Å². The molecule has 0 spiro atoms. The minimum absolute atomic E-state index is 0.167. The fraction of sp³-hybridized carbons (Fsp3) is 0. The van der Waals surface area contributed by atoms with Gasteiger partial charge < -0.3 is 0 Å². The van der Waals surface area contributed by atoms with Gasteiger partial charge >= 0.3 is 0 Å². The van der Waals surface area contributed by atoms with Crippen molar-refractivity contribution < 1.29 is 9.18 Å². The number of hydrogen-bond donors (Lipinski definition) is 2. The van der Waals surface area contributed by atoms with Gasteiger partial charge in [-0.2, -0.15) is 4.39 Å². The zero-order chi connectivity index (χ0) is 20.1. The molecule has 2 N–H and O–H groups in total. The van der Waals surface area contributed by atoms with Crippen molar-refractivity contribution in [1.29, 1.82) is 0 Å². The van der Waals surface area contributed by atoms with Crippen molar-refractivity contribution in [1.82, 2.24) is 25.4 Å². The number of anilines is 1. The van der Waals surface area contributed by atoms with Gasteiger partial charge in [0.05, 0.1) is 11.9 Å². The molecule has 0 aliphatic rings. The first kappa shape index (κ1) is 18.2. The molecule has 0 aliphatic heterocycles. The average molecular weight is 386 g/mol. The molecule has 0 saturated heterocycles. The van der Waals surface area contributed by atoms with Gasteiger partial charge in [-0.3, -0.25) is 20.6 Å². The summed E-state index contributed by atoms with van der Waals surface area (Å²) < 4.78 is 12.9. The van der Waals surface area contributed by atoms with Gasteiger partial charge in [-0.1, -0.05) is 30.3 Å². The third-order valence-corrected chi connectivity index (χ3v) is 4.08.